The fourth-order valence-electron chi connectivity index (χ4n) is 3.79. The molecule has 2 aliphatic heterocycles. The van der Waals surface area contributed by atoms with Crippen molar-refractivity contribution in [3.05, 3.63) is 47.8 Å². The number of benzene rings is 2. The molecule has 164 valence electrons. The number of piperidine rings is 1. The zero-order chi connectivity index (χ0) is 22.2. The highest BCUT2D eigenvalue weighted by Gasteiger charge is 2.35. The van der Waals surface area contributed by atoms with Crippen LogP contribution in [-0.2, 0) is 19.6 Å². The first kappa shape index (κ1) is 21.3. The van der Waals surface area contributed by atoms with Crippen molar-refractivity contribution in [3.8, 4) is 5.75 Å². The summed E-state index contributed by atoms with van der Waals surface area (Å²) in [6, 6.07) is 8.40. The standard InChI is InChI=1S/C21H22FN3O5S/c1-13-9-17-18(30-12-20(26)24-17)10-19(13)31(28,29)25-8-2-3-14(11-25)21(27)23-16-6-4-15(22)5-7-16/h4-7,9-10,14H,2-3,8,11-12H2,1H3,(H,23,27)(H,24,26)/t14-/m1/s1. The van der Waals surface area contributed by atoms with E-state index in [1.165, 1.54) is 34.6 Å². The van der Waals surface area contributed by atoms with Gasteiger partial charge in [0, 0.05) is 24.8 Å². The molecule has 0 aromatic heterocycles. The van der Waals surface area contributed by atoms with Gasteiger partial charge in [0.1, 0.15) is 11.6 Å². The van der Waals surface area contributed by atoms with Crippen LogP contribution >= 0.6 is 0 Å². The zero-order valence-corrected chi connectivity index (χ0v) is 17.7. The largest absolute Gasteiger partial charge is 0.482 e. The molecule has 2 aromatic carbocycles. The lowest BCUT2D eigenvalue weighted by atomic mass is 9.99. The van der Waals surface area contributed by atoms with Gasteiger partial charge in [0.15, 0.2) is 6.61 Å². The van der Waals surface area contributed by atoms with Gasteiger partial charge in [-0.1, -0.05) is 0 Å². The summed E-state index contributed by atoms with van der Waals surface area (Å²) in [5.74, 6) is -1.24. The van der Waals surface area contributed by atoms with Crippen molar-refractivity contribution in [2.24, 2.45) is 5.92 Å². The lowest BCUT2D eigenvalue weighted by Gasteiger charge is -2.32. The number of anilines is 2. The van der Waals surface area contributed by atoms with E-state index < -0.39 is 21.8 Å². The third kappa shape index (κ3) is 4.40. The number of aryl methyl sites for hydroxylation is 1. The molecule has 2 aliphatic rings. The zero-order valence-electron chi connectivity index (χ0n) is 16.9. The van der Waals surface area contributed by atoms with Crippen molar-refractivity contribution in [1.29, 1.82) is 0 Å². The van der Waals surface area contributed by atoms with Gasteiger partial charge in [0.05, 0.1) is 16.5 Å². The molecule has 0 saturated carbocycles. The van der Waals surface area contributed by atoms with Crippen LogP contribution in [0.5, 0.6) is 5.75 Å². The molecule has 0 spiro atoms. The molecule has 10 heteroatoms. The number of sulfonamides is 1. The van der Waals surface area contributed by atoms with Gasteiger partial charge in [-0.2, -0.15) is 4.31 Å². The van der Waals surface area contributed by atoms with Crippen LogP contribution in [0.2, 0.25) is 0 Å². The van der Waals surface area contributed by atoms with E-state index in [9.17, 15) is 22.4 Å². The molecular formula is C21H22FN3O5S. The molecule has 0 aliphatic carbocycles. The fourth-order valence-corrected chi connectivity index (χ4v) is 5.53. The average Bonchev–Trinajstić information content (AvgIpc) is 2.74. The Balaban J connectivity index is 1.53. The SMILES string of the molecule is Cc1cc2c(cc1S(=O)(=O)N1CCC[C@@H](C(=O)Nc3ccc(F)cc3)C1)OCC(=O)N2. The van der Waals surface area contributed by atoms with E-state index in [4.69, 9.17) is 4.74 Å². The molecule has 1 atom stereocenters. The monoisotopic (exact) mass is 447 g/mol. The Morgan fingerprint density at radius 1 is 1.26 bits per heavy atom. The third-order valence-corrected chi connectivity index (χ3v) is 7.40. The number of nitrogens with zero attached hydrogens (tertiary/aromatic N) is 1. The van der Waals surface area contributed by atoms with Crippen LogP contribution in [0, 0.1) is 18.7 Å². The third-order valence-electron chi connectivity index (χ3n) is 5.39. The van der Waals surface area contributed by atoms with Crippen molar-refractivity contribution in [2.45, 2.75) is 24.7 Å². The summed E-state index contributed by atoms with van der Waals surface area (Å²) in [7, 11) is -3.87. The Labute approximate surface area is 179 Å². The second-order valence-electron chi connectivity index (χ2n) is 7.65. The molecule has 1 fully saturated rings. The van der Waals surface area contributed by atoms with Crippen LogP contribution in [0.25, 0.3) is 0 Å². The Kier molecular flexibility index (Phi) is 5.67. The molecule has 1 saturated heterocycles. The van der Waals surface area contributed by atoms with Crippen molar-refractivity contribution in [1.82, 2.24) is 4.31 Å². The number of hydrogen-bond donors (Lipinski definition) is 2. The van der Waals surface area contributed by atoms with Crippen LogP contribution in [-0.4, -0.2) is 44.2 Å². The molecule has 0 unspecified atom stereocenters. The van der Waals surface area contributed by atoms with Gasteiger partial charge in [-0.25, -0.2) is 12.8 Å². The first-order chi connectivity index (χ1) is 14.7. The summed E-state index contributed by atoms with van der Waals surface area (Å²) >= 11 is 0. The molecule has 0 bridgehead atoms. The molecule has 2 heterocycles. The molecule has 2 N–H and O–H groups in total. The number of carbonyl (C=O) groups is 2. The lowest BCUT2D eigenvalue weighted by molar-refractivity contribution is -0.121. The van der Waals surface area contributed by atoms with Crippen molar-refractivity contribution in [3.63, 3.8) is 0 Å². The normalized spacial score (nSPS) is 19.2. The van der Waals surface area contributed by atoms with Crippen molar-refractivity contribution in [2.75, 3.05) is 30.3 Å². The molecule has 4 rings (SSSR count). The van der Waals surface area contributed by atoms with Gasteiger partial charge in [0.2, 0.25) is 15.9 Å². The van der Waals surface area contributed by atoms with Crippen molar-refractivity contribution >= 4 is 33.2 Å². The van der Waals surface area contributed by atoms with E-state index in [0.29, 0.717) is 42.1 Å². The lowest BCUT2D eigenvalue weighted by Crippen LogP contribution is -2.43. The van der Waals surface area contributed by atoms with Crippen LogP contribution in [0.3, 0.4) is 0 Å². The highest BCUT2D eigenvalue weighted by molar-refractivity contribution is 7.89. The Hall–Kier alpha value is -2.98. The van der Waals surface area contributed by atoms with Gasteiger partial charge in [0.25, 0.3) is 5.91 Å². The predicted molar refractivity (Wildman–Crippen MR) is 112 cm³/mol. The summed E-state index contributed by atoms with van der Waals surface area (Å²) in [5.41, 5.74) is 1.36. The van der Waals surface area contributed by atoms with Crippen LogP contribution in [0.4, 0.5) is 15.8 Å². The van der Waals surface area contributed by atoms with E-state index in [1.54, 1.807) is 13.0 Å². The number of hydrogen-bond acceptors (Lipinski definition) is 5. The summed E-state index contributed by atoms with van der Waals surface area (Å²) < 4.78 is 46.4. The van der Waals surface area contributed by atoms with E-state index in [1.807, 2.05) is 0 Å². The maximum atomic E-state index is 13.3. The van der Waals surface area contributed by atoms with E-state index in [2.05, 4.69) is 10.6 Å². The topological polar surface area (TPSA) is 105 Å². The Morgan fingerprint density at radius 3 is 2.74 bits per heavy atom. The van der Waals surface area contributed by atoms with Crippen LogP contribution in [0.1, 0.15) is 18.4 Å². The number of rotatable bonds is 4. The van der Waals surface area contributed by atoms with E-state index >= 15 is 0 Å². The van der Waals surface area contributed by atoms with Crippen LogP contribution < -0.4 is 15.4 Å². The van der Waals surface area contributed by atoms with Gasteiger partial charge in [-0.05, 0) is 55.7 Å². The molecule has 8 nitrogen and oxygen atoms in total. The molecule has 0 radical (unpaired) electrons. The van der Waals surface area contributed by atoms with E-state index in [0.717, 1.165) is 0 Å². The maximum absolute atomic E-state index is 13.3. The predicted octanol–water partition coefficient (Wildman–Crippen LogP) is 2.50. The average molecular weight is 447 g/mol. The number of amides is 2. The number of nitrogens with one attached hydrogen (secondary N) is 2. The first-order valence-corrected chi connectivity index (χ1v) is 11.3. The van der Waals surface area contributed by atoms with Gasteiger partial charge in [-0.3, -0.25) is 9.59 Å². The quantitative estimate of drug-likeness (QED) is 0.749. The van der Waals surface area contributed by atoms with Crippen molar-refractivity contribution < 1.29 is 27.1 Å². The highest BCUT2D eigenvalue weighted by atomic mass is 32.2. The number of ether oxygens (including phenoxy) is 1. The summed E-state index contributed by atoms with van der Waals surface area (Å²) in [4.78, 5) is 24.2. The van der Waals surface area contributed by atoms with Crippen LogP contribution in [0.15, 0.2) is 41.3 Å². The smallest absolute Gasteiger partial charge is 0.262 e. The minimum Gasteiger partial charge on any atom is -0.482 e. The molecule has 31 heavy (non-hydrogen) atoms. The second-order valence-corrected chi connectivity index (χ2v) is 9.56. The van der Waals surface area contributed by atoms with Gasteiger partial charge >= 0.3 is 0 Å². The molecule has 2 amide bonds. The second kappa shape index (κ2) is 8.27. The minimum absolute atomic E-state index is 0.0451. The Bertz CT molecular complexity index is 1130. The maximum Gasteiger partial charge on any atom is 0.262 e. The highest BCUT2D eigenvalue weighted by Crippen LogP contribution is 2.35. The summed E-state index contributed by atoms with van der Waals surface area (Å²) in [5, 5.41) is 5.38. The fraction of sp³-hybridized carbons (Fsp3) is 0.333. The van der Waals surface area contributed by atoms with Gasteiger partial charge < -0.3 is 15.4 Å². The number of halogens is 1. The molecular weight excluding hydrogens is 425 g/mol. The summed E-state index contributed by atoms with van der Waals surface area (Å²) in [6.45, 7) is 1.82. The first-order valence-electron chi connectivity index (χ1n) is 9.88. The Morgan fingerprint density at radius 2 is 2.00 bits per heavy atom. The molecule has 2 aromatic rings. The van der Waals surface area contributed by atoms with E-state index in [-0.39, 0.29) is 29.9 Å². The minimum atomic E-state index is -3.87. The summed E-state index contributed by atoms with van der Waals surface area (Å²) in [6.07, 6.45) is 1.09. The number of carbonyl (C=O) groups excluding carboxylic acids is 2. The van der Waals surface area contributed by atoms with Gasteiger partial charge in [-0.15, -0.1) is 0 Å². The number of fused-ring (bicyclic) bond motifs is 1.